The van der Waals surface area contributed by atoms with Crippen LogP contribution in [0.2, 0.25) is 0 Å². The molecule has 0 aliphatic heterocycles. The molecule has 1 unspecified atom stereocenters. The Morgan fingerprint density at radius 1 is 1.32 bits per heavy atom. The number of thiophene rings is 1. The van der Waals surface area contributed by atoms with Crippen LogP contribution in [0.1, 0.15) is 16.9 Å². The van der Waals surface area contributed by atoms with Crippen molar-refractivity contribution in [3.63, 3.8) is 0 Å². The summed E-state index contributed by atoms with van der Waals surface area (Å²) in [6.45, 7) is 2.73. The van der Waals surface area contributed by atoms with E-state index >= 15 is 0 Å². The molecule has 0 amide bonds. The van der Waals surface area contributed by atoms with Crippen molar-refractivity contribution in [3.05, 3.63) is 50.6 Å². The summed E-state index contributed by atoms with van der Waals surface area (Å²) in [5, 5.41) is 0. The van der Waals surface area contributed by atoms with Gasteiger partial charge in [-0.15, -0.1) is 11.3 Å². The summed E-state index contributed by atoms with van der Waals surface area (Å²) in [6.07, 6.45) is 1.77. The Bertz CT molecular complexity index is 526. The van der Waals surface area contributed by atoms with Crippen LogP contribution in [0.5, 0.6) is 5.75 Å². The number of hydrogen-bond acceptors (Lipinski definition) is 3. The zero-order chi connectivity index (χ0) is 13.7. The molecule has 1 heterocycles. The molecule has 0 fully saturated rings. The predicted molar refractivity (Wildman–Crippen MR) is 85.0 cm³/mol. The molecule has 0 spiro atoms. The van der Waals surface area contributed by atoms with Gasteiger partial charge < -0.3 is 10.5 Å². The van der Waals surface area contributed by atoms with Crippen molar-refractivity contribution in [3.8, 4) is 5.75 Å². The van der Waals surface area contributed by atoms with Crippen molar-refractivity contribution in [1.82, 2.24) is 0 Å². The zero-order valence-corrected chi connectivity index (χ0v) is 13.3. The van der Waals surface area contributed by atoms with Gasteiger partial charge in [0.05, 0.1) is 10.4 Å². The summed E-state index contributed by atoms with van der Waals surface area (Å²) in [6, 6.07) is 12.4. The fraction of sp³-hybridized carbons (Fsp3) is 0.333. The fourth-order valence-electron chi connectivity index (χ4n) is 1.86. The van der Waals surface area contributed by atoms with Crippen LogP contribution in [-0.2, 0) is 6.42 Å². The molecule has 2 nitrogen and oxygen atoms in total. The Balaban J connectivity index is 1.73. The highest BCUT2D eigenvalue weighted by atomic mass is 79.9. The molecule has 2 aromatic rings. The van der Waals surface area contributed by atoms with Gasteiger partial charge in [0.1, 0.15) is 5.75 Å². The van der Waals surface area contributed by atoms with Crippen LogP contribution in [0.3, 0.4) is 0 Å². The number of halogens is 1. The molecule has 102 valence electrons. The molecule has 1 atom stereocenters. The molecule has 2 N–H and O–H groups in total. The standard InChI is InChI=1S/C15H18BrNOS/c1-11-3-2-4-13(9-11)18-8-7-12(17)10-14-5-6-15(16)19-14/h2-6,9,12H,7-8,10,17H2,1H3. The van der Waals surface area contributed by atoms with Crippen LogP contribution in [0.15, 0.2) is 40.2 Å². The third-order valence-electron chi connectivity index (χ3n) is 2.84. The van der Waals surface area contributed by atoms with Crippen LogP contribution >= 0.6 is 27.3 Å². The van der Waals surface area contributed by atoms with Gasteiger partial charge in [0.25, 0.3) is 0 Å². The number of benzene rings is 1. The first-order valence-electron chi connectivity index (χ1n) is 6.33. The summed E-state index contributed by atoms with van der Waals surface area (Å²) in [5.41, 5.74) is 7.33. The molecule has 0 saturated heterocycles. The van der Waals surface area contributed by atoms with Crippen molar-refractivity contribution in [2.24, 2.45) is 5.73 Å². The monoisotopic (exact) mass is 339 g/mol. The molecule has 0 aliphatic carbocycles. The molecule has 19 heavy (non-hydrogen) atoms. The van der Waals surface area contributed by atoms with Gasteiger partial charge in [-0.05, 0) is 65.5 Å². The van der Waals surface area contributed by atoms with E-state index in [9.17, 15) is 0 Å². The largest absolute Gasteiger partial charge is 0.494 e. The Kier molecular flexibility index (Phi) is 5.43. The highest BCUT2D eigenvalue weighted by molar-refractivity contribution is 9.11. The van der Waals surface area contributed by atoms with E-state index in [-0.39, 0.29) is 6.04 Å². The summed E-state index contributed by atoms with van der Waals surface area (Å²) in [4.78, 5) is 1.31. The molecular weight excluding hydrogens is 322 g/mol. The lowest BCUT2D eigenvalue weighted by Crippen LogP contribution is -2.24. The van der Waals surface area contributed by atoms with E-state index in [0.29, 0.717) is 6.61 Å². The van der Waals surface area contributed by atoms with Gasteiger partial charge in [0.2, 0.25) is 0 Å². The van der Waals surface area contributed by atoms with E-state index in [4.69, 9.17) is 10.5 Å². The molecule has 1 aromatic heterocycles. The minimum absolute atomic E-state index is 0.148. The molecule has 0 aliphatic rings. The first-order valence-corrected chi connectivity index (χ1v) is 7.93. The molecule has 0 saturated carbocycles. The van der Waals surface area contributed by atoms with Crippen LogP contribution < -0.4 is 10.5 Å². The SMILES string of the molecule is Cc1cccc(OCCC(N)Cc2ccc(Br)s2)c1. The molecular formula is C15H18BrNOS. The van der Waals surface area contributed by atoms with Gasteiger partial charge in [-0.25, -0.2) is 0 Å². The topological polar surface area (TPSA) is 35.2 Å². The Labute approximate surface area is 126 Å². The summed E-state index contributed by atoms with van der Waals surface area (Å²) in [5.74, 6) is 0.922. The van der Waals surface area contributed by atoms with Gasteiger partial charge in [-0.1, -0.05) is 12.1 Å². The van der Waals surface area contributed by atoms with Gasteiger partial charge in [-0.3, -0.25) is 0 Å². The predicted octanol–water partition coefficient (Wildman–Crippen LogP) is 4.16. The Morgan fingerprint density at radius 3 is 2.84 bits per heavy atom. The van der Waals surface area contributed by atoms with Crippen molar-refractivity contribution < 1.29 is 4.74 Å². The van der Waals surface area contributed by atoms with Gasteiger partial charge in [0, 0.05) is 10.9 Å². The zero-order valence-electron chi connectivity index (χ0n) is 10.9. The number of aryl methyl sites for hydroxylation is 1. The highest BCUT2D eigenvalue weighted by Gasteiger charge is 2.06. The highest BCUT2D eigenvalue weighted by Crippen LogP contribution is 2.23. The van der Waals surface area contributed by atoms with Crippen molar-refractivity contribution in [1.29, 1.82) is 0 Å². The molecule has 0 bridgehead atoms. The van der Waals surface area contributed by atoms with Crippen LogP contribution in [0.4, 0.5) is 0 Å². The lowest BCUT2D eigenvalue weighted by molar-refractivity contribution is 0.297. The Hall–Kier alpha value is -0.840. The van der Waals surface area contributed by atoms with Gasteiger partial charge in [-0.2, -0.15) is 0 Å². The third kappa shape index (κ3) is 4.97. The smallest absolute Gasteiger partial charge is 0.119 e. The van der Waals surface area contributed by atoms with Gasteiger partial charge in [0.15, 0.2) is 0 Å². The number of rotatable bonds is 6. The normalized spacial score (nSPS) is 12.4. The second-order valence-electron chi connectivity index (χ2n) is 4.62. The number of nitrogens with two attached hydrogens (primary N) is 1. The second-order valence-corrected chi connectivity index (χ2v) is 7.17. The average Bonchev–Trinajstić information content (AvgIpc) is 2.75. The maximum Gasteiger partial charge on any atom is 0.119 e. The van der Waals surface area contributed by atoms with E-state index in [0.717, 1.165) is 22.4 Å². The van der Waals surface area contributed by atoms with Gasteiger partial charge >= 0.3 is 0 Å². The third-order valence-corrected chi connectivity index (χ3v) is 4.49. The average molecular weight is 340 g/mol. The fourth-order valence-corrected chi connectivity index (χ4v) is 3.43. The first kappa shape index (κ1) is 14.6. The lowest BCUT2D eigenvalue weighted by Gasteiger charge is -2.11. The first-order chi connectivity index (χ1) is 9.13. The molecule has 2 rings (SSSR count). The van der Waals surface area contributed by atoms with E-state index in [2.05, 4.69) is 41.1 Å². The lowest BCUT2D eigenvalue weighted by atomic mass is 10.1. The van der Waals surface area contributed by atoms with Crippen LogP contribution in [0.25, 0.3) is 0 Å². The number of ether oxygens (including phenoxy) is 1. The molecule has 0 radical (unpaired) electrons. The van der Waals surface area contributed by atoms with Crippen molar-refractivity contribution in [2.75, 3.05) is 6.61 Å². The second kappa shape index (κ2) is 7.08. The van der Waals surface area contributed by atoms with Crippen molar-refractivity contribution in [2.45, 2.75) is 25.8 Å². The minimum atomic E-state index is 0.148. The van der Waals surface area contributed by atoms with E-state index in [1.807, 2.05) is 18.2 Å². The van der Waals surface area contributed by atoms with Crippen molar-refractivity contribution >= 4 is 27.3 Å². The molecule has 1 aromatic carbocycles. The summed E-state index contributed by atoms with van der Waals surface area (Å²) >= 11 is 5.21. The Morgan fingerprint density at radius 2 is 2.16 bits per heavy atom. The van der Waals surface area contributed by atoms with E-state index in [1.165, 1.54) is 10.4 Å². The molecule has 4 heteroatoms. The quantitative estimate of drug-likeness (QED) is 0.857. The van der Waals surface area contributed by atoms with Crippen LogP contribution in [0, 0.1) is 6.92 Å². The maximum atomic E-state index is 6.12. The number of hydrogen-bond donors (Lipinski definition) is 1. The summed E-state index contributed by atoms with van der Waals surface area (Å²) in [7, 11) is 0. The minimum Gasteiger partial charge on any atom is -0.494 e. The maximum absolute atomic E-state index is 6.12. The van der Waals surface area contributed by atoms with E-state index in [1.54, 1.807) is 11.3 Å². The van der Waals surface area contributed by atoms with E-state index < -0.39 is 0 Å². The summed E-state index contributed by atoms with van der Waals surface area (Å²) < 4.78 is 6.87. The van der Waals surface area contributed by atoms with Crippen LogP contribution in [-0.4, -0.2) is 12.6 Å².